The van der Waals surface area contributed by atoms with Gasteiger partial charge in [0.1, 0.15) is 0 Å². The highest BCUT2D eigenvalue weighted by Crippen LogP contribution is 2.06. The zero-order valence-electron chi connectivity index (χ0n) is 9.97. The fraction of sp³-hybridized carbons (Fsp3) is 0.267. The molecule has 0 aliphatic rings. The number of pyridine rings is 1. The number of unbranched alkanes of at least 4 members (excludes halogenated alkanes) is 1. The predicted octanol–water partition coefficient (Wildman–Crippen LogP) is 3.52. The summed E-state index contributed by atoms with van der Waals surface area (Å²) in [5.41, 5.74) is 2.53. The second-order valence-electron chi connectivity index (χ2n) is 4.11. The van der Waals surface area contributed by atoms with E-state index >= 15 is 0 Å². The van der Waals surface area contributed by atoms with Crippen molar-refractivity contribution in [3.05, 3.63) is 60.4 Å². The van der Waals surface area contributed by atoms with E-state index in [4.69, 9.17) is 0 Å². The van der Waals surface area contributed by atoms with E-state index in [9.17, 15) is 0 Å². The van der Waals surface area contributed by atoms with Crippen LogP contribution in [0, 0.1) is 0 Å². The Morgan fingerprint density at radius 3 is 2.59 bits per heavy atom. The maximum atomic E-state index is 4.12. The van der Waals surface area contributed by atoms with Crippen LogP contribution in [0.1, 0.15) is 18.4 Å². The number of nitrogens with one attached hydrogen (secondary N) is 1. The first-order valence-electron chi connectivity index (χ1n) is 6.13. The lowest BCUT2D eigenvalue weighted by Gasteiger charge is -2.05. The summed E-state index contributed by atoms with van der Waals surface area (Å²) >= 11 is 0. The lowest BCUT2D eigenvalue weighted by Crippen LogP contribution is -2.01. The van der Waals surface area contributed by atoms with E-state index in [1.54, 1.807) is 0 Å². The molecule has 17 heavy (non-hydrogen) atoms. The maximum Gasteiger partial charge on any atom is 0.0340 e. The van der Waals surface area contributed by atoms with E-state index in [0.717, 1.165) is 13.0 Å². The largest absolute Gasteiger partial charge is 0.385 e. The minimum Gasteiger partial charge on any atom is -0.385 e. The molecule has 0 radical (unpaired) electrons. The molecule has 0 spiro atoms. The lowest BCUT2D eigenvalue weighted by atomic mass is 10.1. The lowest BCUT2D eigenvalue weighted by molar-refractivity contribution is 0.761. The van der Waals surface area contributed by atoms with Crippen LogP contribution < -0.4 is 5.32 Å². The van der Waals surface area contributed by atoms with Crippen LogP contribution in [-0.4, -0.2) is 11.5 Å². The smallest absolute Gasteiger partial charge is 0.0340 e. The third kappa shape index (κ3) is 4.27. The summed E-state index contributed by atoms with van der Waals surface area (Å²) in [6, 6.07) is 14.5. The number of rotatable bonds is 6. The first-order chi connectivity index (χ1) is 8.45. The zero-order chi connectivity index (χ0) is 11.8. The summed E-state index contributed by atoms with van der Waals surface area (Å²) in [5.74, 6) is 0. The molecule has 0 unspecified atom stereocenters. The minimum atomic E-state index is 1.03. The number of hydrogen-bond acceptors (Lipinski definition) is 2. The number of para-hydroxylation sites is 1. The Kier molecular flexibility index (Phi) is 4.58. The van der Waals surface area contributed by atoms with Gasteiger partial charge in [0.05, 0.1) is 0 Å². The fourth-order valence-corrected chi connectivity index (χ4v) is 1.79. The Balaban J connectivity index is 1.61. The summed E-state index contributed by atoms with van der Waals surface area (Å²) in [4.78, 5) is 4.12. The van der Waals surface area contributed by atoms with Gasteiger partial charge < -0.3 is 5.32 Å². The third-order valence-corrected chi connectivity index (χ3v) is 2.72. The number of aryl methyl sites for hydroxylation is 1. The van der Waals surface area contributed by atoms with Crippen LogP contribution >= 0.6 is 0 Å². The molecule has 0 saturated carbocycles. The van der Waals surface area contributed by atoms with Crippen molar-refractivity contribution in [1.82, 2.24) is 4.98 Å². The van der Waals surface area contributed by atoms with Crippen molar-refractivity contribution in [2.24, 2.45) is 0 Å². The number of benzene rings is 1. The van der Waals surface area contributed by atoms with E-state index in [1.165, 1.54) is 24.1 Å². The first kappa shape index (κ1) is 11.6. The minimum absolute atomic E-state index is 1.03. The number of anilines is 1. The van der Waals surface area contributed by atoms with E-state index in [1.807, 2.05) is 24.5 Å². The highest BCUT2D eigenvalue weighted by Gasteiger charge is 1.93. The molecule has 88 valence electrons. The fourth-order valence-electron chi connectivity index (χ4n) is 1.79. The molecule has 0 fully saturated rings. The van der Waals surface area contributed by atoms with Crippen molar-refractivity contribution in [3.8, 4) is 0 Å². The molecule has 1 N–H and O–H groups in total. The van der Waals surface area contributed by atoms with Gasteiger partial charge in [-0.1, -0.05) is 24.3 Å². The highest BCUT2D eigenvalue weighted by atomic mass is 14.9. The molecule has 0 saturated heterocycles. The Labute approximate surface area is 103 Å². The van der Waals surface area contributed by atoms with Gasteiger partial charge in [0, 0.05) is 24.6 Å². The Bertz CT molecular complexity index is 370. The van der Waals surface area contributed by atoms with E-state index in [2.05, 4.69) is 40.6 Å². The van der Waals surface area contributed by atoms with Crippen LogP contribution in [0.15, 0.2) is 54.9 Å². The molecule has 0 atom stereocenters. The first-order valence-corrected chi connectivity index (χ1v) is 6.13. The van der Waals surface area contributed by atoms with Gasteiger partial charge in [-0.2, -0.15) is 0 Å². The predicted molar refractivity (Wildman–Crippen MR) is 72.1 cm³/mol. The van der Waals surface area contributed by atoms with Gasteiger partial charge in [-0.25, -0.2) is 0 Å². The Morgan fingerprint density at radius 1 is 0.941 bits per heavy atom. The molecule has 1 aromatic heterocycles. The van der Waals surface area contributed by atoms with Crippen LogP contribution in [0.5, 0.6) is 0 Å². The molecule has 0 bridgehead atoms. The summed E-state index contributed by atoms with van der Waals surface area (Å²) in [5, 5.41) is 3.42. The van der Waals surface area contributed by atoms with Gasteiger partial charge in [0.25, 0.3) is 0 Å². The van der Waals surface area contributed by atoms with Crippen molar-refractivity contribution in [1.29, 1.82) is 0 Å². The van der Waals surface area contributed by atoms with Crippen molar-refractivity contribution in [2.75, 3.05) is 11.9 Å². The van der Waals surface area contributed by atoms with Gasteiger partial charge in [-0.15, -0.1) is 0 Å². The van der Waals surface area contributed by atoms with Crippen molar-refractivity contribution in [2.45, 2.75) is 19.3 Å². The van der Waals surface area contributed by atoms with Crippen molar-refractivity contribution < 1.29 is 0 Å². The van der Waals surface area contributed by atoms with Gasteiger partial charge in [0.15, 0.2) is 0 Å². The molecule has 0 aliphatic carbocycles. The van der Waals surface area contributed by atoms with Gasteiger partial charge in [0.2, 0.25) is 0 Å². The second-order valence-corrected chi connectivity index (χ2v) is 4.11. The van der Waals surface area contributed by atoms with Crippen LogP contribution in [0.2, 0.25) is 0 Å². The number of aromatic nitrogens is 1. The standard InChI is InChI=1S/C15H18N2/c1-2-9-15(10-3-1)17-12-5-4-7-14-8-6-11-16-13-14/h1-3,6,8-11,13,17H,4-5,7,12H2. The SMILES string of the molecule is c1ccc(NCCCCc2cccnc2)cc1. The molecular weight excluding hydrogens is 208 g/mol. The summed E-state index contributed by atoms with van der Waals surface area (Å²) < 4.78 is 0. The van der Waals surface area contributed by atoms with Crippen LogP contribution in [0.3, 0.4) is 0 Å². The molecular formula is C15H18N2. The number of nitrogens with zero attached hydrogens (tertiary/aromatic N) is 1. The van der Waals surface area contributed by atoms with Gasteiger partial charge in [-0.3, -0.25) is 4.98 Å². The molecule has 2 aromatic rings. The molecule has 1 heterocycles. The van der Waals surface area contributed by atoms with Crippen molar-refractivity contribution >= 4 is 5.69 Å². The van der Waals surface area contributed by atoms with E-state index in [-0.39, 0.29) is 0 Å². The summed E-state index contributed by atoms with van der Waals surface area (Å²) in [6.07, 6.45) is 7.27. The highest BCUT2D eigenvalue weighted by molar-refractivity contribution is 5.42. The molecule has 0 amide bonds. The normalized spacial score (nSPS) is 10.1. The third-order valence-electron chi connectivity index (χ3n) is 2.72. The average molecular weight is 226 g/mol. The Hall–Kier alpha value is -1.83. The summed E-state index contributed by atoms with van der Waals surface area (Å²) in [7, 11) is 0. The quantitative estimate of drug-likeness (QED) is 0.762. The molecule has 1 aromatic carbocycles. The zero-order valence-corrected chi connectivity index (χ0v) is 9.97. The molecule has 2 nitrogen and oxygen atoms in total. The molecule has 2 heteroatoms. The summed E-state index contributed by atoms with van der Waals surface area (Å²) in [6.45, 7) is 1.03. The maximum absolute atomic E-state index is 4.12. The van der Waals surface area contributed by atoms with Crippen LogP contribution in [0.4, 0.5) is 5.69 Å². The topological polar surface area (TPSA) is 24.9 Å². The number of hydrogen-bond donors (Lipinski definition) is 1. The molecule has 0 aliphatic heterocycles. The Morgan fingerprint density at radius 2 is 1.82 bits per heavy atom. The van der Waals surface area contributed by atoms with Crippen molar-refractivity contribution in [3.63, 3.8) is 0 Å². The second kappa shape index (κ2) is 6.69. The van der Waals surface area contributed by atoms with Crippen LogP contribution in [-0.2, 0) is 6.42 Å². The van der Waals surface area contributed by atoms with E-state index in [0.29, 0.717) is 0 Å². The van der Waals surface area contributed by atoms with Gasteiger partial charge in [-0.05, 0) is 43.0 Å². The van der Waals surface area contributed by atoms with E-state index < -0.39 is 0 Å². The molecule has 2 rings (SSSR count). The monoisotopic (exact) mass is 226 g/mol. The van der Waals surface area contributed by atoms with Crippen LogP contribution in [0.25, 0.3) is 0 Å². The average Bonchev–Trinajstić information content (AvgIpc) is 2.41. The van der Waals surface area contributed by atoms with Gasteiger partial charge >= 0.3 is 0 Å².